The van der Waals surface area contributed by atoms with Gasteiger partial charge in [-0.15, -0.1) is 0 Å². The maximum Gasteiger partial charge on any atom is 0.309 e. The minimum Gasteiger partial charge on any atom is -0.481 e. The summed E-state index contributed by atoms with van der Waals surface area (Å²) in [7, 11) is 0. The van der Waals surface area contributed by atoms with Crippen molar-refractivity contribution in [3.05, 3.63) is 45.8 Å². The number of halogens is 2. The number of carboxylic acid groups (broad SMARTS) is 1. The van der Waals surface area contributed by atoms with Gasteiger partial charge in [0.1, 0.15) is 5.82 Å². The van der Waals surface area contributed by atoms with Gasteiger partial charge in [-0.25, -0.2) is 8.78 Å². The number of aromatic nitrogens is 1. The SMILES string of the molecule is CCn1c(CC(=O)O)cc(=O)c2cc(F)cc(F)c21. The van der Waals surface area contributed by atoms with Crippen LogP contribution in [0.1, 0.15) is 12.6 Å². The molecular formula is C13H11F2NO3. The number of fused-ring (bicyclic) bond motifs is 1. The van der Waals surface area contributed by atoms with Gasteiger partial charge in [0, 0.05) is 24.4 Å². The molecule has 0 bridgehead atoms. The molecule has 4 nitrogen and oxygen atoms in total. The molecule has 0 saturated carbocycles. The molecule has 0 fully saturated rings. The molecule has 1 N–H and O–H groups in total. The fraction of sp³-hybridized carbons (Fsp3) is 0.231. The third-order valence-corrected chi connectivity index (χ3v) is 2.86. The Bertz CT molecular complexity index is 722. The summed E-state index contributed by atoms with van der Waals surface area (Å²) in [5, 5.41) is 8.70. The molecule has 19 heavy (non-hydrogen) atoms. The zero-order valence-corrected chi connectivity index (χ0v) is 10.1. The number of carbonyl (C=O) groups is 1. The van der Waals surface area contributed by atoms with Crippen LogP contribution in [0.5, 0.6) is 0 Å². The highest BCUT2D eigenvalue weighted by molar-refractivity contribution is 5.81. The summed E-state index contributed by atoms with van der Waals surface area (Å²) in [5.41, 5.74) is -0.458. The molecule has 0 aliphatic rings. The zero-order chi connectivity index (χ0) is 14.2. The topological polar surface area (TPSA) is 59.3 Å². The van der Waals surface area contributed by atoms with E-state index in [9.17, 15) is 18.4 Å². The second-order valence-corrected chi connectivity index (χ2v) is 4.10. The predicted molar refractivity (Wildman–Crippen MR) is 65.1 cm³/mol. The van der Waals surface area contributed by atoms with Gasteiger partial charge in [0.15, 0.2) is 11.2 Å². The smallest absolute Gasteiger partial charge is 0.309 e. The van der Waals surface area contributed by atoms with E-state index < -0.39 is 29.5 Å². The van der Waals surface area contributed by atoms with Crippen LogP contribution in [-0.4, -0.2) is 15.6 Å². The molecule has 2 aromatic rings. The van der Waals surface area contributed by atoms with Crippen molar-refractivity contribution in [2.24, 2.45) is 0 Å². The number of aliphatic carboxylic acids is 1. The summed E-state index contributed by atoms with van der Waals surface area (Å²) < 4.78 is 28.4. The Morgan fingerprint density at radius 2 is 2.00 bits per heavy atom. The fourth-order valence-electron chi connectivity index (χ4n) is 2.14. The van der Waals surface area contributed by atoms with Crippen molar-refractivity contribution >= 4 is 16.9 Å². The fourth-order valence-corrected chi connectivity index (χ4v) is 2.14. The molecule has 0 saturated heterocycles. The van der Waals surface area contributed by atoms with E-state index in [0.29, 0.717) is 6.07 Å². The Morgan fingerprint density at radius 3 is 2.58 bits per heavy atom. The van der Waals surface area contributed by atoms with Crippen LogP contribution in [0.4, 0.5) is 8.78 Å². The summed E-state index contributed by atoms with van der Waals surface area (Å²) in [6.45, 7) is 1.97. The monoisotopic (exact) mass is 267 g/mol. The number of aryl methyl sites for hydroxylation is 1. The second kappa shape index (κ2) is 4.79. The van der Waals surface area contributed by atoms with Crippen LogP contribution in [0, 0.1) is 11.6 Å². The normalized spacial score (nSPS) is 10.9. The van der Waals surface area contributed by atoms with E-state index >= 15 is 0 Å². The minimum absolute atomic E-state index is 0.0624. The lowest BCUT2D eigenvalue weighted by molar-refractivity contribution is -0.136. The molecule has 1 aromatic heterocycles. The maximum atomic E-state index is 13.8. The zero-order valence-electron chi connectivity index (χ0n) is 10.1. The van der Waals surface area contributed by atoms with Crippen LogP contribution in [0.25, 0.3) is 10.9 Å². The average molecular weight is 267 g/mol. The van der Waals surface area contributed by atoms with Gasteiger partial charge >= 0.3 is 5.97 Å². The summed E-state index contributed by atoms with van der Waals surface area (Å²) in [6, 6.07) is 2.74. The number of rotatable bonds is 3. The summed E-state index contributed by atoms with van der Waals surface area (Å²) in [4.78, 5) is 22.6. The number of pyridine rings is 1. The van der Waals surface area contributed by atoms with Crippen LogP contribution in [0.15, 0.2) is 23.0 Å². The summed E-state index contributed by atoms with van der Waals surface area (Å²) >= 11 is 0. The van der Waals surface area contributed by atoms with Crippen LogP contribution >= 0.6 is 0 Å². The first-order valence-electron chi connectivity index (χ1n) is 5.67. The lowest BCUT2D eigenvalue weighted by Crippen LogP contribution is -2.17. The number of nitrogens with zero attached hydrogens (tertiary/aromatic N) is 1. The van der Waals surface area contributed by atoms with Crippen molar-refractivity contribution in [3.63, 3.8) is 0 Å². The van der Waals surface area contributed by atoms with Gasteiger partial charge in [0.2, 0.25) is 0 Å². The minimum atomic E-state index is -1.12. The molecule has 0 spiro atoms. The van der Waals surface area contributed by atoms with E-state index in [0.717, 1.165) is 12.1 Å². The Balaban J connectivity index is 2.89. The molecular weight excluding hydrogens is 256 g/mol. The van der Waals surface area contributed by atoms with E-state index in [-0.39, 0.29) is 23.1 Å². The number of carboxylic acids is 1. The van der Waals surface area contributed by atoms with Crippen molar-refractivity contribution in [1.82, 2.24) is 4.57 Å². The van der Waals surface area contributed by atoms with Gasteiger partial charge in [-0.3, -0.25) is 9.59 Å². The van der Waals surface area contributed by atoms with Crippen LogP contribution in [0.3, 0.4) is 0 Å². The van der Waals surface area contributed by atoms with Gasteiger partial charge in [0.05, 0.1) is 17.3 Å². The molecule has 0 aliphatic carbocycles. The Labute approximate surface area is 106 Å². The van der Waals surface area contributed by atoms with Gasteiger partial charge in [-0.05, 0) is 13.0 Å². The number of hydrogen-bond acceptors (Lipinski definition) is 2. The van der Waals surface area contributed by atoms with Crippen LogP contribution in [0.2, 0.25) is 0 Å². The molecule has 0 unspecified atom stereocenters. The Hall–Kier alpha value is -2.24. The highest BCUT2D eigenvalue weighted by atomic mass is 19.1. The van der Waals surface area contributed by atoms with Crippen LogP contribution < -0.4 is 5.43 Å². The summed E-state index contributed by atoms with van der Waals surface area (Å²) in [5.74, 6) is -2.83. The number of hydrogen-bond donors (Lipinski definition) is 1. The predicted octanol–water partition coefficient (Wildman–Crippen LogP) is 1.93. The number of benzene rings is 1. The first kappa shape index (κ1) is 13.2. The molecule has 1 aromatic carbocycles. The Kier molecular flexibility index (Phi) is 3.33. The van der Waals surface area contributed by atoms with E-state index in [1.54, 1.807) is 6.92 Å². The van der Waals surface area contributed by atoms with Crippen LogP contribution in [-0.2, 0) is 17.8 Å². The van der Waals surface area contributed by atoms with E-state index in [1.165, 1.54) is 4.57 Å². The van der Waals surface area contributed by atoms with E-state index in [2.05, 4.69) is 0 Å². The van der Waals surface area contributed by atoms with Crippen molar-refractivity contribution < 1.29 is 18.7 Å². The molecule has 0 radical (unpaired) electrons. The quantitative estimate of drug-likeness (QED) is 0.924. The molecule has 0 atom stereocenters. The van der Waals surface area contributed by atoms with Gasteiger partial charge in [-0.2, -0.15) is 0 Å². The maximum absolute atomic E-state index is 13.8. The van der Waals surface area contributed by atoms with Crippen molar-refractivity contribution in [2.45, 2.75) is 19.9 Å². The molecule has 0 aliphatic heterocycles. The average Bonchev–Trinajstić information content (AvgIpc) is 2.30. The molecule has 1 heterocycles. The van der Waals surface area contributed by atoms with E-state index in [4.69, 9.17) is 5.11 Å². The third kappa shape index (κ3) is 2.33. The first-order valence-corrected chi connectivity index (χ1v) is 5.67. The van der Waals surface area contributed by atoms with Gasteiger partial charge in [-0.1, -0.05) is 0 Å². The molecule has 6 heteroatoms. The molecule has 100 valence electrons. The van der Waals surface area contributed by atoms with Gasteiger partial charge in [0.25, 0.3) is 0 Å². The first-order chi connectivity index (χ1) is 8.93. The van der Waals surface area contributed by atoms with Crippen molar-refractivity contribution in [3.8, 4) is 0 Å². The third-order valence-electron chi connectivity index (χ3n) is 2.86. The van der Waals surface area contributed by atoms with E-state index in [1.807, 2.05) is 0 Å². The second-order valence-electron chi connectivity index (χ2n) is 4.10. The highest BCUT2D eigenvalue weighted by Crippen LogP contribution is 2.19. The lowest BCUT2D eigenvalue weighted by Gasteiger charge is -2.14. The molecule has 2 rings (SSSR count). The Morgan fingerprint density at radius 1 is 1.32 bits per heavy atom. The lowest BCUT2D eigenvalue weighted by atomic mass is 10.1. The van der Waals surface area contributed by atoms with Gasteiger partial charge < -0.3 is 9.67 Å². The summed E-state index contributed by atoms with van der Waals surface area (Å²) in [6.07, 6.45) is -0.393. The van der Waals surface area contributed by atoms with Crippen molar-refractivity contribution in [2.75, 3.05) is 0 Å². The molecule has 0 amide bonds. The largest absolute Gasteiger partial charge is 0.481 e. The highest BCUT2D eigenvalue weighted by Gasteiger charge is 2.15. The van der Waals surface area contributed by atoms with Crippen molar-refractivity contribution in [1.29, 1.82) is 0 Å². The standard InChI is InChI=1S/C13H11F2NO3/c1-2-16-8(6-12(18)19)5-11(17)9-3-7(14)4-10(15)13(9)16/h3-5H,2,6H2,1H3,(H,18,19).